The van der Waals surface area contributed by atoms with Crippen molar-refractivity contribution in [2.24, 2.45) is 17.3 Å². The van der Waals surface area contributed by atoms with Crippen molar-refractivity contribution in [1.82, 2.24) is 0 Å². The summed E-state index contributed by atoms with van der Waals surface area (Å²) in [6.45, 7) is 0. The van der Waals surface area contributed by atoms with Gasteiger partial charge in [0.1, 0.15) is 0 Å². The average molecular weight is 310 g/mol. The molecule has 2 unspecified atom stereocenters. The van der Waals surface area contributed by atoms with Gasteiger partial charge < -0.3 is 11.5 Å². The van der Waals surface area contributed by atoms with Crippen LogP contribution in [0.2, 0.25) is 0 Å². The summed E-state index contributed by atoms with van der Waals surface area (Å²) >= 11 is 0. The van der Waals surface area contributed by atoms with Gasteiger partial charge >= 0.3 is 6.18 Å². The summed E-state index contributed by atoms with van der Waals surface area (Å²) < 4.78 is 41.5. The van der Waals surface area contributed by atoms with E-state index in [2.05, 4.69) is 0 Å². The van der Waals surface area contributed by atoms with Crippen LogP contribution in [0.25, 0.3) is 0 Å². The lowest BCUT2D eigenvalue weighted by molar-refractivity contribution is -0.277. The fourth-order valence-corrected chi connectivity index (χ4v) is 6.09. The van der Waals surface area contributed by atoms with Crippen molar-refractivity contribution in [3.63, 3.8) is 0 Å². The smallest absolute Gasteiger partial charge is 0.394 e. The standard InChI is InChI=1S/C17H21F3N2/c18-17(19,20)16-7-10-4-11(8-16)6-15(5-10,9-16)14-12(21)2-1-3-13(14)22/h1-3,10-11H,4-9,21-22H2. The summed E-state index contributed by atoms with van der Waals surface area (Å²) in [7, 11) is 0. The molecular weight excluding hydrogens is 289 g/mol. The molecule has 0 radical (unpaired) electrons. The van der Waals surface area contributed by atoms with E-state index in [1.54, 1.807) is 18.2 Å². The fourth-order valence-electron chi connectivity index (χ4n) is 6.09. The Labute approximate surface area is 128 Å². The van der Waals surface area contributed by atoms with Crippen LogP contribution in [0.5, 0.6) is 0 Å². The zero-order chi connectivity index (χ0) is 15.8. The van der Waals surface area contributed by atoms with Gasteiger partial charge in [-0.25, -0.2) is 0 Å². The number of hydrogen-bond donors (Lipinski definition) is 2. The van der Waals surface area contributed by atoms with Crippen LogP contribution >= 0.6 is 0 Å². The fraction of sp³-hybridized carbons (Fsp3) is 0.647. The predicted octanol–water partition coefficient (Wildman–Crippen LogP) is 4.25. The predicted molar refractivity (Wildman–Crippen MR) is 80.1 cm³/mol. The minimum atomic E-state index is -4.13. The topological polar surface area (TPSA) is 52.0 Å². The molecule has 0 heterocycles. The van der Waals surface area contributed by atoms with Gasteiger partial charge in [0.15, 0.2) is 0 Å². The van der Waals surface area contributed by atoms with Crippen LogP contribution in [-0.2, 0) is 5.41 Å². The molecule has 4 aliphatic rings. The number of nitrogens with two attached hydrogens (primary N) is 2. The quantitative estimate of drug-likeness (QED) is 0.762. The monoisotopic (exact) mass is 310 g/mol. The van der Waals surface area contributed by atoms with E-state index in [1.165, 1.54) is 0 Å². The molecule has 1 aromatic rings. The van der Waals surface area contributed by atoms with Crippen LogP contribution in [0.4, 0.5) is 24.5 Å². The maximum atomic E-state index is 13.8. The lowest BCUT2D eigenvalue weighted by Crippen LogP contribution is -2.59. The number of rotatable bonds is 1. The van der Waals surface area contributed by atoms with E-state index in [0.29, 0.717) is 24.2 Å². The molecule has 0 saturated heterocycles. The first kappa shape index (κ1) is 14.2. The van der Waals surface area contributed by atoms with E-state index >= 15 is 0 Å². The van der Waals surface area contributed by atoms with Crippen molar-refractivity contribution < 1.29 is 13.2 Å². The Morgan fingerprint density at radius 1 is 0.955 bits per heavy atom. The second-order valence-electron chi connectivity index (χ2n) is 7.83. The van der Waals surface area contributed by atoms with Gasteiger partial charge in [0, 0.05) is 22.4 Å². The van der Waals surface area contributed by atoms with Crippen LogP contribution in [0.1, 0.15) is 44.1 Å². The summed E-state index contributed by atoms with van der Waals surface area (Å²) in [6.07, 6.45) is -0.836. The third-order valence-electron chi connectivity index (χ3n) is 6.32. The first-order valence-corrected chi connectivity index (χ1v) is 7.96. The molecule has 4 N–H and O–H groups in total. The van der Waals surface area contributed by atoms with Gasteiger partial charge in [-0.15, -0.1) is 0 Å². The molecule has 22 heavy (non-hydrogen) atoms. The van der Waals surface area contributed by atoms with Crippen molar-refractivity contribution in [2.75, 3.05) is 11.5 Å². The zero-order valence-corrected chi connectivity index (χ0v) is 12.4. The van der Waals surface area contributed by atoms with Crippen molar-refractivity contribution in [3.8, 4) is 0 Å². The van der Waals surface area contributed by atoms with Crippen LogP contribution in [0.3, 0.4) is 0 Å². The van der Waals surface area contributed by atoms with Crippen molar-refractivity contribution >= 4 is 11.4 Å². The highest BCUT2D eigenvalue weighted by Crippen LogP contribution is 2.70. The van der Waals surface area contributed by atoms with Crippen LogP contribution in [-0.4, -0.2) is 6.18 Å². The summed E-state index contributed by atoms with van der Waals surface area (Å²) in [6, 6.07) is 5.31. The highest BCUT2D eigenvalue weighted by molar-refractivity contribution is 5.65. The molecule has 0 aliphatic heterocycles. The largest absolute Gasteiger partial charge is 0.398 e. The number of nitrogen functional groups attached to an aromatic ring is 2. The normalized spacial score (nSPS) is 40.1. The SMILES string of the molecule is Nc1cccc(N)c1C12CC3CC(C1)CC(C(F)(F)F)(C3)C2. The maximum absolute atomic E-state index is 13.8. The van der Waals surface area contributed by atoms with Gasteiger partial charge in [0.05, 0.1) is 5.41 Å². The molecule has 4 aliphatic carbocycles. The molecule has 5 rings (SSSR count). The molecule has 4 saturated carbocycles. The van der Waals surface area contributed by atoms with E-state index in [9.17, 15) is 13.2 Å². The zero-order valence-electron chi connectivity index (χ0n) is 12.4. The second kappa shape index (κ2) is 4.12. The summed E-state index contributed by atoms with van der Waals surface area (Å²) in [5.74, 6) is 0.309. The molecule has 2 nitrogen and oxygen atoms in total. The minimum absolute atomic E-state index is 0.155. The Hall–Kier alpha value is -1.39. The summed E-state index contributed by atoms with van der Waals surface area (Å²) in [4.78, 5) is 0. The molecular formula is C17H21F3N2. The Morgan fingerprint density at radius 2 is 1.50 bits per heavy atom. The lowest BCUT2D eigenvalue weighted by atomic mass is 9.42. The Morgan fingerprint density at radius 3 is 2.00 bits per heavy atom. The molecule has 0 aromatic heterocycles. The first-order valence-electron chi connectivity index (χ1n) is 7.96. The van der Waals surface area contributed by atoms with Crippen LogP contribution < -0.4 is 11.5 Å². The molecule has 5 heteroatoms. The van der Waals surface area contributed by atoms with Crippen LogP contribution in [0.15, 0.2) is 18.2 Å². The number of anilines is 2. The highest BCUT2D eigenvalue weighted by Gasteiger charge is 2.67. The Bertz CT molecular complexity index is 589. The molecule has 4 bridgehead atoms. The average Bonchev–Trinajstić information content (AvgIpc) is 2.35. The minimum Gasteiger partial charge on any atom is -0.398 e. The number of halogens is 3. The number of hydrogen-bond acceptors (Lipinski definition) is 2. The van der Waals surface area contributed by atoms with E-state index in [0.717, 1.165) is 24.8 Å². The maximum Gasteiger partial charge on any atom is 0.394 e. The summed E-state index contributed by atoms with van der Waals surface area (Å²) in [5, 5.41) is 0. The lowest BCUT2D eigenvalue weighted by Gasteiger charge is -2.62. The van der Waals surface area contributed by atoms with Gasteiger partial charge in [-0.1, -0.05) is 6.07 Å². The third kappa shape index (κ3) is 1.74. The molecule has 0 amide bonds. The van der Waals surface area contributed by atoms with Gasteiger partial charge in [0.25, 0.3) is 0 Å². The highest BCUT2D eigenvalue weighted by atomic mass is 19.4. The molecule has 4 fully saturated rings. The first-order chi connectivity index (χ1) is 10.2. The van der Waals surface area contributed by atoms with Crippen molar-refractivity contribution in [3.05, 3.63) is 23.8 Å². The van der Waals surface area contributed by atoms with E-state index in [1.807, 2.05) is 0 Å². The molecule has 2 atom stereocenters. The van der Waals surface area contributed by atoms with Gasteiger partial charge in [0.2, 0.25) is 0 Å². The second-order valence-corrected chi connectivity index (χ2v) is 7.83. The number of benzene rings is 1. The number of alkyl halides is 3. The van der Waals surface area contributed by atoms with Crippen molar-refractivity contribution in [2.45, 2.75) is 50.1 Å². The van der Waals surface area contributed by atoms with Crippen molar-refractivity contribution in [1.29, 1.82) is 0 Å². The van der Waals surface area contributed by atoms with E-state index in [4.69, 9.17) is 11.5 Å². The van der Waals surface area contributed by atoms with Crippen LogP contribution in [0, 0.1) is 17.3 Å². The van der Waals surface area contributed by atoms with Gasteiger partial charge in [-0.2, -0.15) is 13.2 Å². The summed E-state index contributed by atoms with van der Waals surface area (Å²) in [5.41, 5.74) is 12.2. The van der Waals surface area contributed by atoms with E-state index < -0.39 is 17.0 Å². The Balaban J connectivity index is 1.86. The molecule has 0 spiro atoms. The third-order valence-corrected chi connectivity index (χ3v) is 6.32. The molecule has 120 valence electrons. The van der Waals surface area contributed by atoms with E-state index in [-0.39, 0.29) is 18.3 Å². The van der Waals surface area contributed by atoms with Gasteiger partial charge in [-0.05, 0) is 62.5 Å². The molecule has 1 aromatic carbocycles. The van der Waals surface area contributed by atoms with Gasteiger partial charge in [-0.3, -0.25) is 0 Å². The Kier molecular flexibility index (Phi) is 2.66.